The Morgan fingerprint density at radius 3 is 2.56 bits per heavy atom. The molecule has 5 rings (SSSR count). The maximum absolute atomic E-state index is 15.0. The van der Waals surface area contributed by atoms with Gasteiger partial charge in [-0.1, -0.05) is 22.9 Å². The number of aromatic nitrogens is 3. The highest BCUT2D eigenvalue weighted by atomic mass is 79.9. The minimum atomic E-state index is -0.758. The Morgan fingerprint density at radius 1 is 1.00 bits per heavy atom. The monoisotopic (exact) mass is 615 g/mol. The minimum Gasteiger partial charge on any atom is -0.454 e. The molecule has 0 aliphatic heterocycles. The number of benzene rings is 2. The van der Waals surface area contributed by atoms with Gasteiger partial charge in [0.05, 0.1) is 5.39 Å². The molecular formula is C30H23BrFN5O4. The molecule has 5 aromatic rings. The Hall–Kier alpha value is -4.90. The zero-order chi connectivity index (χ0) is 28.9. The summed E-state index contributed by atoms with van der Waals surface area (Å²) >= 11 is 3.40. The SMILES string of the molecule is CCCNC(=O)c1cc(Oc2ccc(NC(=O)c3cn(-c4ccc(Br)cc4)c4ncccc4c3=O)cc2F)ccn1. The van der Waals surface area contributed by atoms with Gasteiger partial charge in [-0.2, -0.15) is 0 Å². The standard InChI is InChI=1S/C30H23BrFN5O4/c1-2-12-35-30(40)25-16-21(11-14-33-25)41-26-10-7-19(15-24(26)32)36-29(39)23-17-37(20-8-5-18(31)6-9-20)28-22(27(23)38)4-3-13-34-28/h3-11,13-17H,2,12H2,1H3,(H,35,40)(H,36,39). The third-order valence-corrected chi connectivity index (χ3v) is 6.56. The van der Waals surface area contributed by atoms with Gasteiger partial charge < -0.3 is 19.9 Å². The highest BCUT2D eigenvalue weighted by molar-refractivity contribution is 9.10. The van der Waals surface area contributed by atoms with Crippen LogP contribution in [0.2, 0.25) is 0 Å². The Kier molecular flexibility index (Phi) is 8.16. The summed E-state index contributed by atoms with van der Waals surface area (Å²) in [5, 5.41) is 5.57. The molecule has 0 aliphatic rings. The predicted octanol–water partition coefficient (Wildman–Crippen LogP) is 5.87. The first-order valence-electron chi connectivity index (χ1n) is 12.6. The van der Waals surface area contributed by atoms with Crippen molar-refractivity contribution in [3.8, 4) is 17.2 Å². The van der Waals surface area contributed by atoms with E-state index < -0.39 is 17.2 Å². The molecule has 2 aromatic carbocycles. The molecule has 41 heavy (non-hydrogen) atoms. The second-order valence-electron chi connectivity index (χ2n) is 8.93. The smallest absolute Gasteiger partial charge is 0.270 e. The van der Waals surface area contributed by atoms with Crippen molar-refractivity contribution in [2.75, 3.05) is 11.9 Å². The van der Waals surface area contributed by atoms with Crippen molar-refractivity contribution in [1.29, 1.82) is 0 Å². The molecule has 0 saturated heterocycles. The Labute approximate surface area is 242 Å². The summed E-state index contributed by atoms with van der Waals surface area (Å²) in [7, 11) is 0. The van der Waals surface area contributed by atoms with Crippen LogP contribution in [0.25, 0.3) is 16.7 Å². The van der Waals surface area contributed by atoms with Crippen LogP contribution in [0.15, 0.2) is 94.6 Å². The summed E-state index contributed by atoms with van der Waals surface area (Å²) in [4.78, 5) is 47.0. The van der Waals surface area contributed by atoms with E-state index in [9.17, 15) is 18.8 Å². The Morgan fingerprint density at radius 2 is 1.80 bits per heavy atom. The van der Waals surface area contributed by atoms with Gasteiger partial charge in [0.25, 0.3) is 11.8 Å². The molecule has 0 unspecified atom stereocenters. The molecule has 3 aromatic heterocycles. The number of amides is 2. The first-order chi connectivity index (χ1) is 19.8. The predicted molar refractivity (Wildman–Crippen MR) is 156 cm³/mol. The number of carbonyl (C=O) groups is 2. The van der Waals surface area contributed by atoms with Crippen LogP contribution in [-0.2, 0) is 0 Å². The van der Waals surface area contributed by atoms with Gasteiger partial charge in [0.1, 0.15) is 22.7 Å². The van der Waals surface area contributed by atoms with Gasteiger partial charge in [0.2, 0.25) is 5.43 Å². The lowest BCUT2D eigenvalue weighted by Gasteiger charge is -2.13. The Bertz CT molecular complexity index is 1830. The molecule has 2 amide bonds. The average molecular weight is 616 g/mol. The molecule has 2 N–H and O–H groups in total. The summed E-state index contributed by atoms with van der Waals surface area (Å²) in [5.74, 6) is -1.73. The van der Waals surface area contributed by atoms with Crippen LogP contribution in [0.1, 0.15) is 34.2 Å². The quantitative estimate of drug-likeness (QED) is 0.226. The first-order valence-corrected chi connectivity index (χ1v) is 13.4. The molecule has 3 heterocycles. The molecule has 11 heteroatoms. The van der Waals surface area contributed by atoms with Gasteiger partial charge in [-0.05, 0) is 61.0 Å². The van der Waals surface area contributed by atoms with Crippen molar-refractivity contribution < 1.29 is 18.7 Å². The summed E-state index contributed by atoms with van der Waals surface area (Å²) in [6.45, 7) is 2.43. The van der Waals surface area contributed by atoms with Crippen molar-refractivity contribution in [3.63, 3.8) is 0 Å². The van der Waals surface area contributed by atoms with E-state index >= 15 is 0 Å². The number of nitrogens with one attached hydrogen (secondary N) is 2. The normalized spacial score (nSPS) is 10.8. The van der Waals surface area contributed by atoms with Gasteiger partial charge in [0.15, 0.2) is 11.6 Å². The van der Waals surface area contributed by atoms with Crippen LogP contribution < -0.4 is 20.8 Å². The number of nitrogens with zero attached hydrogens (tertiary/aromatic N) is 3. The maximum Gasteiger partial charge on any atom is 0.270 e. The molecule has 0 spiro atoms. The number of ether oxygens (including phenoxy) is 1. The lowest BCUT2D eigenvalue weighted by Crippen LogP contribution is -2.24. The molecule has 0 atom stereocenters. The van der Waals surface area contributed by atoms with Crippen molar-refractivity contribution >= 4 is 44.5 Å². The molecule has 0 radical (unpaired) electrons. The number of anilines is 1. The lowest BCUT2D eigenvalue weighted by atomic mass is 10.1. The maximum atomic E-state index is 15.0. The topological polar surface area (TPSA) is 115 Å². The van der Waals surface area contributed by atoms with E-state index in [0.717, 1.165) is 17.0 Å². The number of halogens is 2. The number of carbonyl (C=O) groups excluding carboxylic acids is 2. The van der Waals surface area contributed by atoms with E-state index in [4.69, 9.17) is 4.74 Å². The van der Waals surface area contributed by atoms with Crippen LogP contribution in [0.4, 0.5) is 10.1 Å². The molecule has 0 fully saturated rings. The van der Waals surface area contributed by atoms with Gasteiger partial charge in [-0.15, -0.1) is 0 Å². The third-order valence-electron chi connectivity index (χ3n) is 6.03. The van der Waals surface area contributed by atoms with Crippen molar-refractivity contribution in [1.82, 2.24) is 19.9 Å². The van der Waals surface area contributed by atoms with E-state index in [1.807, 2.05) is 31.2 Å². The average Bonchev–Trinajstić information content (AvgIpc) is 2.98. The fourth-order valence-corrected chi connectivity index (χ4v) is 4.30. The third kappa shape index (κ3) is 6.15. The molecule has 206 valence electrons. The van der Waals surface area contributed by atoms with Crippen LogP contribution in [0, 0.1) is 5.82 Å². The molecule has 0 bridgehead atoms. The molecule has 0 saturated carbocycles. The van der Waals surface area contributed by atoms with Crippen LogP contribution >= 0.6 is 15.9 Å². The largest absolute Gasteiger partial charge is 0.454 e. The second-order valence-corrected chi connectivity index (χ2v) is 9.84. The Balaban J connectivity index is 1.39. The zero-order valence-electron chi connectivity index (χ0n) is 21.7. The van der Waals surface area contributed by atoms with E-state index in [2.05, 4.69) is 36.5 Å². The molecule has 0 aliphatic carbocycles. The molecular weight excluding hydrogens is 593 g/mol. The summed E-state index contributed by atoms with van der Waals surface area (Å²) in [5.41, 5.74) is 0.706. The van der Waals surface area contributed by atoms with Crippen LogP contribution in [-0.4, -0.2) is 32.9 Å². The van der Waals surface area contributed by atoms with E-state index in [1.54, 1.807) is 22.9 Å². The van der Waals surface area contributed by atoms with Crippen molar-refractivity contribution in [2.24, 2.45) is 0 Å². The fourth-order valence-electron chi connectivity index (χ4n) is 4.04. The first kappa shape index (κ1) is 27.7. The summed E-state index contributed by atoms with van der Waals surface area (Å²) in [6.07, 6.45) is 5.15. The van der Waals surface area contributed by atoms with E-state index in [0.29, 0.717) is 17.9 Å². The molecule has 9 nitrogen and oxygen atoms in total. The highest BCUT2D eigenvalue weighted by Gasteiger charge is 2.18. The van der Waals surface area contributed by atoms with Crippen LogP contribution in [0.3, 0.4) is 0 Å². The van der Waals surface area contributed by atoms with Gasteiger partial charge in [-0.25, -0.2) is 9.37 Å². The van der Waals surface area contributed by atoms with Gasteiger partial charge in [0, 0.05) is 53.1 Å². The minimum absolute atomic E-state index is 0.120. The van der Waals surface area contributed by atoms with Crippen molar-refractivity contribution in [2.45, 2.75) is 13.3 Å². The summed E-state index contributed by atoms with van der Waals surface area (Å²) in [6, 6.07) is 17.3. The van der Waals surface area contributed by atoms with Gasteiger partial charge in [-0.3, -0.25) is 19.4 Å². The number of hydrogen-bond donors (Lipinski definition) is 2. The van der Waals surface area contributed by atoms with Crippen molar-refractivity contribution in [3.05, 3.63) is 117 Å². The highest BCUT2D eigenvalue weighted by Crippen LogP contribution is 2.27. The van der Waals surface area contributed by atoms with Gasteiger partial charge >= 0.3 is 0 Å². The number of pyridine rings is 3. The lowest BCUT2D eigenvalue weighted by molar-refractivity contribution is 0.0947. The summed E-state index contributed by atoms with van der Waals surface area (Å²) < 4.78 is 23.1. The second kappa shape index (κ2) is 12.1. The number of rotatable bonds is 8. The van der Waals surface area contributed by atoms with E-state index in [1.165, 1.54) is 36.7 Å². The number of hydrogen-bond acceptors (Lipinski definition) is 6. The van der Waals surface area contributed by atoms with E-state index in [-0.39, 0.29) is 39.7 Å². The number of fused-ring (bicyclic) bond motifs is 1. The fraction of sp³-hybridized carbons (Fsp3) is 0.100. The van der Waals surface area contributed by atoms with Crippen LogP contribution in [0.5, 0.6) is 11.5 Å². The zero-order valence-corrected chi connectivity index (χ0v) is 23.3.